The molecule has 0 radical (unpaired) electrons. The van der Waals surface area contributed by atoms with Crippen LogP contribution < -0.4 is 9.47 Å². The van der Waals surface area contributed by atoms with Crippen LogP contribution in [0.15, 0.2) is 17.0 Å². The van der Waals surface area contributed by atoms with Crippen molar-refractivity contribution in [1.82, 2.24) is 0 Å². The number of thioether (sulfide) groups is 1. The highest BCUT2D eigenvalue weighted by Gasteiger charge is 2.21. The molecule has 2 aliphatic heterocycles. The molecule has 2 aliphatic rings. The van der Waals surface area contributed by atoms with E-state index < -0.39 is 0 Å². The van der Waals surface area contributed by atoms with Crippen LogP contribution in [0, 0.1) is 0 Å². The van der Waals surface area contributed by atoms with E-state index in [0.29, 0.717) is 25.4 Å². The van der Waals surface area contributed by atoms with Crippen LogP contribution in [0.5, 0.6) is 11.5 Å². The quantitative estimate of drug-likeness (QED) is 0.693. The van der Waals surface area contributed by atoms with Gasteiger partial charge in [0.25, 0.3) is 0 Å². The minimum absolute atomic E-state index is 0.219. The monoisotopic (exact) mass is 236 g/mol. The largest absolute Gasteiger partial charge is 0.486 e. The van der Waals surface area contributed by atoms with Crippen molar-refractivity contribution >= 4 is 17.5 Å². The maximum absolute atomic E-state index is 11.9. The third-order valence-electron chi connectivity index (χ3n) is 2.75. The van der Waals surface area contributed by atoms with Crippen LogP contribution in [0.3, 0.4) is 0 Å². The summed E-state index contributed by atoms with van der Waals surface area (Å²) in [4.78, 5) is 12.9. The number of ketones is 1. The molecule has 0 aromatic heterocycles. The number of fused-ring (bicyclic) bond motifs is 2. The van der Waals surface area contributed by atoms with E-state index in [1.807, 2.05) is 12.1 Å². The molecule has 0 bridgehead atoms. The number of carbonyl (C=O) groups excluding carboxylic acids is 1. The third kappa shape index (κ3) is 1.67. The average molecular weight is 236 g/mol. The SMILES string of the molecule is O=C1CCCSc2cc3c(cc21)OCCO3. The summed E-state index contributed by atoms with van der Waals surface area (Å²) < 4.78 is 11.0. The number of benzene rings is 1. The Balaban J connectivity index is 2.10. The van der Waals surface area contributed by atoms with E-state index in [1.165, 1.54) is 0 Å². The predicted molar refractivity (Wildman–Crippen MR) is 61.7 cm³/mol. The Morgan fingerprint density at radius 2 is 1.88 bits per heavy atom. The normalized spacial score (nSPS) is 18.9. The van der Waals surface area contributed by atoms with E-state index in [4.69, 9.17) is 9.47 Å². The number of hydrogen-bond donors (Lipinski definition) is 0. The van der Waals surface area contributed by atoms with Crippen molar-refractivity contribution in [2.75, 3.05) is 19.0 Å². The summed E-state index contributed by atoms with van der Waals surface area (Å²) in [5.74, 6) is 2.70. The van der Waals surface area contributed by atoms with E-state index >= 15 is 0 Å². The highest BCUT2D eigenvalue weighted by Crippen LogP contribution is 2.39. The maximum Gasteiger partial charge on any atom is 0.164 e. The van der Waals surface area contributed by atoms with Crippen LogP contribution in [0.2, 0.25) is 0 Å². The molecular weight excluding hydrogens is 224 g/mol. The molecule has 3 nitrogen and oxygen atoms in total. The molecule has 0 saturated heterocycles. The first-order chi connectivity index (χ1) is 7.84. The number of rotatable bonds is 0. The molecule has 1 aromatic rings. The lowest BCUT2D eigenvalue weighted by Gasteiger charge is -2.20. The molecule has 0 unspecified atom stereocenters. The summed E-state index contributed by atoms with van der Waals surface area (Å²) in [6.45, 7) is 1.15. The summed E-state index contributed by atoms with van der Waals surface area (Å²) in [7, 11) is 0. The Labute approximate surface area is 98.1 Å². The van der Waals surface area contributed by atoms with E-state index in [9.17, 15) is 4.79 Å². The van der Waals surface area contributed by atoms with Crippen molar-refractivity contribution in [2.45, 2.75) is 17.7 Å². The molecule has 0 fully saturated rings. The van der Waals surface area contributed by atoms with Crippen LogP contribution >= 0.6 is 11.8 Å². The molecule has 0 aliphatic carbocycles. The molecule has 3 rings (SSSR count). The van der Waals surface area contributed by atoms with E-state index in [-0.39, 0.29) is 5.78 Å². The van der Waals surface area contributed by atoms with Gasteiger partial charge in [-0.2, -0.15) is 0 Å². The molecular formula is C12H12O3S. The lowest BCUT2D eigenvalue weighted by atomic mass is 10.1. The van der Waals surface area contributed by atoms with Crippen LogP contribution in [0.4, 0.5) is 0 Å². The van der Waals surface area contributed by atoms with Gasteiger partial charge in [-0.15, -0.1) is 11.8 Å². The van der Waals surface area contributed by atoms with Crippen molar-refractivity contribution < 1.29 is 14.3 Å². The Kier molecular flexibility index (Phi) is 2.52. The number of ether oxygens (including phenoxy) is 2. The highest BCUT2D eigenvalue weighted by atomic mass is 32.2. The lowest BCUT2D eigenvalue weighted by molar-refractivity contribution is 0.0979. The van der Waals surface area contributed by atoms with Gasteiger partial charge in [-0.3, -0.25) is 4.79 Å². The minimum Gasteiger partial charge on any atom is -0.486 e. The van der Waals surface area contributed by atoms with Crippen molar-refractivity contribution in [2.24, 2.45) is 0 Å². The topological polar surface area (TPSA) is 35.5 Å². The van der Waals surface area contributed by atoms with Gasteiger partial charge in [0, 0.05) is 16.9 Å². The molecule has 0 atom stereocenters. The zero-order chi connectivity index (χ0) is 11.0. The first-order valence-corrected chi connectivity index (χ1v) is 6.43. The fourth-order valence-electron chi connectivity index (χ4n) is 1.96. The van der Waals surface area contributed by atoms with Crippen molar-refractivity contribution in [3.63, 3.8) is 0 Å². The van der Waals surface area contributed by atoms with Gasteiger partial charge in [0.1, 0.15) is 13.2 Å². The van der Waals surface area contributed by atoms with E-state index in [0.717, 1.165) is 28.4 Å². The van der Waals surface area contributed by atoms with E-state index in [1.54, 1.807) is 11.8 Å². The van der Waals surface area contributed by atoms with Gasteiger partial charge < -0.3 is 9.47 Å². The second-order valence-electron chi connectivity index (χ2n) is 3.87. The first-order valence-electron chi connectivity index (χ1n) is 5.44. The molecule has 0 N–H and O–H groups in total. The molecule has 0 spiro atoms. The van der Waals surface area contributed by atoms with Gasteiger partial charge >= 0.3 is 0 Å². The standard InChI is InChI=1S/C12H12O3S/c13-9-2-1-5-16-12-7-11-10(6-8(9)12)14-3-4-15-11/h6-7H,1-5H2. The summed E-state index contributed by atoms with van der Waals surface area (Å²) in [6, 6.07) is 3.78. The van der Waals surface area contributed by atoms with Gasteiger partial charge in [-0.25, -0.2) is 0 Å². The van der Waals surface area contributed by atoms with Gasteiger partial charge in [-0.05, 0) is 24.3 Å². The molecule has 4 heteroatoms. The van der Waals surface area contributed by atoms with Crippen molar-refractivity contribution in [3.8, 4) is 11.5 Å². The fraction of sp³-hybridized carbons (Fsp3) is 0.417. The Morgan fingerprint density at radius 1 is 1.12 bits per heavy atom. The molecule has 16 heavy (non-hydrogen) atoms. The van der Waals surface area contributed by atoms with Gasteiger partial charge in [0.2, 0.25) is 0 Å². The zero-order valence-corrected chi connectivity index (χ0v) is 9.64. The summed E-state index contributed by atoms with van der Waals surface area (Å²) >= 11 is 1.73. The highest BCUT2D eigenvalue weighted by molar-refractivity contribution is 7.99. The Hall–Kier alpha value is -1.16. The predicted octanol–water partition coefficient (Wildman–Crippen LogP) is 2.53. The zero-order valence-electron chi connectivity index (χ0n) is 8.82. The van der Waals surface area contributed by atoms with Crippen LogP contribution in [0.25, 0.3) is 0 Å². The second kappa shape index (κ2) is 4.01. The fourth-order valence-corrected chi connectivity index (χ4v) is 2.98. The van der Waals surface area contributed by atoms with Crippen LogP contribution in [-0.4, -0.2) is 24.7 Å². The Bertz CT molecular complexity index is 442. The molecule has 1 aromatic carbocycles. The number of carbonyl (C=O) groups is 1. The Morgan fingerprint density at radius 3 is 2.69 bits per heavy atom. The first kappa shape index (κ1) is 10.0. The second-order valence-corrected chi connectivity index (χ2v) is 5.00. The lowest BCUT2D eigenvalue weighted by Crippen LogP contribution is -2.16. The summed E-state index contributed by atoms with van der Waals surface area (Å²) in [5, 5.41) is 0. The van der Waals surface area contributed by atoms with Gasteiger partial charge in [0.05, 0.1) is 0 Å². The third-order valence-corrected chi connectivity index (χ3v) is 3.89. The molecule has 84 valence electrons. The number of Topliss-reactive ketones (excluding diaryl/α,β-unsaturated/α-hetero) is 1. The van der Waals surface area contributed by atoms with Gasteiger partial charge in [0.15, 0.2) is 17.3 Å². The molecule has 0 saturated carbocycles. The maximum atomic E-state index is 11.9. The van der Waals surface area contributed by atoms with Crippen LogP contribution in [-0.2, 0) is 0 Å². The average Bonchev–Trinajstić information content (AvgIpc) is 2.49. The smallest absolute Gasteiger partial charge is 0.164 e. The summed E-state index contributed by atoms with van der Waals surface area (Å²) in [6.07, 6.45) is 1.59. The molecule has 2 heterocycles. The number of hydrogen-bond acceptors (Lipinski definition) is 4. The summed E-state index contributed by atoms with van der Waals surface area (Å²) in [5.41, 5.74) is 0.798. The van der Waals surface area contributed by atoms with E-state index in [2.05, 4.69) is 0 Å². The van der Waals surface area contributed by atoms with Gasteiger partial charge in [-0.1, -0.05) is 0 Å². The van der Waals surface area contributed by atoms with Crippen molar-refractivity contribution in [3.05, 3.63) is 17.7 Å². The minimum atomic E-state index is 0.219. The molecule has 0 amide bonds. The van der Waals surface area contributed by atoms with Crippen molar-refractivity contribution in [1.29, 1.82) is 0 Å². The van der Waals surface area contributed by atoms with Crippen LogP contribution in [0.1, 0.15) is 23.2 Å².